The molecule has 2 aromatic rings. The molecule has 0 saturated heterocycles. The molecule has 0 spiro atoms. The number of carbonyl (C=O) groups excluding carboxylic acids is 2. The lowest BCUT2D eigenvalue weighted by Gasteiger charge is -2.19. The number of hydrazine groups is 1. The number of hydrogen-bond donors (Lipinski definition) is 3. The van der Waals surface area contributed by atoms with Gasteiger partial charge in [0.2, 0.25) is 0 Å². The second kappa shape index (κ2) is 11.9. The van der Waals surface area contributed by atoms with E-state index in [0.29, 0.717) is 0 Å². The van der Waals surface area contributed by atoms with Crippen molar-refractivity contribution in [2.75, 3.05) is 6.54 Å². The number of carbonyl (C=O) groups is 2. The molecule has 0 aliphatic heterocycles. The van der Waals surface area contributed by atoms with Crippen molar-refractivity contribution >= 4 is 68.5 Å². The molecule has 0 aromatic heterocycles. The minimum absolute atomic E-state index is 0.0975. The Labute approximate surface area is 222 Å². The molecule has 3 amide bonds. The van der Waals surface area contributed by atoms with Crippen LogP contribution in [-0.2, 0) is 0 Å². The van der Waals surface area contributed by atoms with E-state index in [2.05, 4.69) is 15.9 Å². The zero-order valence-corrected chi connectivity index (χ0v) is 21.1. The summed E-state index contributed by atoms with van der Waals surface area (Å²) in [7, 11) is 0. The van der Waals surface area contributed by atoms with Crippen LogP contribution in [0.5, 0.6) is 0 Å². The van der Waals surface area contributed by atoms with E-state index in [1.165, 1.54) is 5.32 Å². The van der Waals surface area contributed by atoms with Gasteiger partial charge in [0, 0.05) is 10.0 Å². The van der Waals surface area contributed by atoms with Gasteiger partial charge in [0.15, 0.2) is 0 Å². The summed E-state index contributed by atoms with van der Waals surface area (Å²) in [5.41, 5.74) is 2.46. The lowest BCUT2D eigenvalue weighted by molar-refractivity contribution is -0.139. The van der Waals surface area contributed by atoms with Gasteiger partial charge in [0.1, 0.15) is 18.3 Å². The second-order valence-corrected chi connectivity index (χ2v) is 8.95. The molecule has 5 nitrogen and oxygen atoms in total. The Hall–Kier alpha value is -2.22. The Kier molecular flexibility index (Phi) is 9.91. The molecular weight excluding hydrogens is 633 g/mol. The van der Waals surface area contributed by atoms with Crippen molar-refractivity contribution in [1.29, 1.82) is 0 Å². The first-order chi connectivity index (χ1) is 16.5. The third-order valence-corrected chi connectivity index (χ3v) is 6.11. The predicted molar refractivity (Wildman–Crippen MR) is 124 cm³/mol. The van der Waals surface area contributed by atoms with Gasteiger partial charge in [0.05, 0.1) is 20.6 Å². The summed E-state index contributed by atoms with van der Waals surface area (Å²) in [6, 6.07) is 3.42. The molecule has 0 bridgehead atoms. The van der Waals surface area contributed by atoms with Crippen LogP contribution in [-0.4, -0.2) is 30.8 Å². The van der Waals surface area contributed by atoms with Crippen molar-refractivity contribution in [3.63, 3.8) is 0 Å². The van der Waals surface area contributed by atoms with Crippen LogP contribution in [0, 0.1) is 0 Å². The van der Waals surface area contributed by atoms with Gasteiger partial charge in [-0.1, -0.05) is 40.9 Å². The number of allylic oxidation sites excluding steroid dienone is 1. The van der Waals surface area contributed by atoms with E-state index in [0.717, 1.165) is 30.3 Å². The number of benzene rings is 2. The first kappa shape index (κ1) is 30.0. The molecule has 0 heterocycles. The molecular formula is C20H12BrCl3F7N3O2. The molecule has 0 radical (unpaired) electrons. The SMILES string of the molecule is O=C(NCC(F)(F)F)NNC(=O)c1ccc(C(F)=CC(c2cc(Cl)c(Cl)c(Cl)c2)C(F)(F)F)cc1Br. The number of halogens is 11. The smallest absolute Gasteiger partial charge is 0.328 e. The molecule has 2 rings (SSSR count). The Bertz CT molecular complexity index is 1170. The van der Waals surface area contributed by atoms with Crippen molar-refractivity contribution in [1.82, 2.24) is 16.2 Å². The Balaban J connectivity index is 2.23. The monoisotopic (exact) mass is 643 g/mol. The van der Waals surface area contributed by atoms with E-state index >= 15 is 0 Å². The minimum Gasteiger partial charge on any atom is -0.328 e. The maximum atomic E-state index is 14.8. The van der Waals surface area contributed by atoms with Gasteiger partial charge < -0.3 is 5.32 Å². The zero-order valence-electron chi connectivity index (χ0n) is 17.2. The molecule has 36 heavy (non-hydrogen) atoms. The fraction of sp³-hybridized carbons (Fsp3) is 0.200. The topological polar surface area (TPSA) is 70.2 Å². The quantitative estimate of drug-likeness (QED) is 0.178. The number of hydrogen-bond acceptors (Lipinski definition) is 2. The van der Waals surface area contributed by atoms with Crippen LogP contribution < -0.4 is 16.2 Å². The third-order valence-electron chi connectivity index (χ3n) is 4.26. The molecule has 1 atom stereocenters. The number of urea groups is 1. The third kappa shape index (κ3) is 8.43. The van der Waals surface area contributed by atoms with Crippen LogP contribution in [0.25, 0.3) is 5.83 Å². The van der Waals surface area contributed by atoms with Crippen LogP contribution in [0.1, 0.15) is 27.4 Å². The summed E-state index contributed by atoms with van der Waals surface area (Å²) >= 11 is 20.3. The van der Waals surface area contributed by atoms with Gasteiger partial charge in [-0.15, -0.1) is 0 Å². The molecule has 2 aromatic carbocycles. The van der Waals surface area contributed by atoms with Crippen molar-refractivity contribution in [2.45, 2.75) is 18.3 Å². The molecule has 0 aliphatic rings. The van der Waals surface area contributed by atoms with E-state index in [9.17, 15) is 40.3 Å². The fourth-order valence-electron chi connectivity index (χ4n) is 2.63. The van der Waals surface area contributed by atoms with Gasteiger partial charge in [-0.2, -0.15) is 26.3 Å². The van der Waals surface area contributed by atoms with Crippen LogP contribution in [0.2, 0.25) is 15.1 Å². The maximum absolute atomic E-state index is 14.8. The van der Waals surface area contributed by atoms with Crippen molar-refractivity contribution in [2.24, 2.45) is 0 Å². The van der Waals surface area contributed by atoms with Crippen molar-refractivity contribution in [3.8, 4) is 0 Å². The highest BCUT2D eigenvalue weighted by Crippen LogP contribution is 2.42. The van der Waals surface area contributed by atoms with Crippen LogP contribution in [0.3, 0.4) is 0 Å². The predicted octanol–water partition coefficient (Wildman–Crippen LogP) is 7.57. The number of nitrogens with one attached hydrogen (secondary N) is 3. The molecule has 196 valence electrons. The largest absolute Gasteiger partial charge is 0.405 e. The maximum Gasteiger partial charge on any atom is 0.405 e. The Morgan fingerprint density at radius 3 is 2.06 bits per heavy atom. The van der Waals surface area contributed by atoms with Crippen LogP contribution >= 0.6 is 50.7 Å². The lowest BCUT2D eigenvalue weighted by atomic mass is 9.96. The summed E-state index contributed by atoms with van der Waals surface area (Å²) in [6.45, 7) is -1.65. The molecule has 0 fully saturated rings. The van der Waals surface area contributed by atoms with Gasteiger partial charge in [-0.05, 0) is 51.8 Å². The Morgan fingerprint density at radius 2 is 1.56 bits per heavy atom. The first-order valence-corrected chi connectivity index (χ1v) is 11.2. The molecule has 16 heteroatoms. The summed E-state index contributed by atoms with van der Waals surface area (Å²) in [5.74, 6) is -4.78. The minimum atomic E-state index is -4.94. The van der Waals surface area contributed by atoms with Gasteiger partial charge >= 0.3 is 18.4 Å². The highest BCUT2D eigenvalue weighted by atomic mass is 79.9. The number of rotatable bonds is 5. The number of amides is 3. The van der Waals surface area contributed by atoms with Crippen molar-refractivity contribution in [3.05, 3.63) is 72.6 Å². The molecule has 1 unspecified atom stereocenters. The van der Waals surface area contributed by atoms with E-state index in [4.69, 9.17) is 34.8 Å². The summed E-state index contributed by atoms with van der Waals surface area (Å²) in [5, 5.41) is 0.753. The Morgan fingerprint density at radius 1 is 0.972 bits per heavy atom. The van der Waals surface area contributed by atoms with Crippen LogP contribution in [0.15, 0.2) is 40.9 Å². The van der Waals surface area contributed by atoms with Gasteiger partial charge in [-0.3, -0.25) is 10.2 Å². The van der Waals surface area contributed by atoms with E-state index in [-0.39, 0.29) is 36.7 Å². The average molecular weight is 646 g/mol. The van der Waals surface area contributed by atoms with E-state index in [1.54, 1.807) is 5.43 Å². The standard InChI is InChI=1S/C20H12BrCl3F7N3O2/c21-12-3-8(1-2-10(12)17(35)33-34-18(36)32-7-19(26,27)28)15(25)6-11(20(29,30)31)9-4-13(22)16(24)14(23)5-9/h1-6,11H,7H2,(H,33,35)(H2,32,34,36). The highest BCUT2D eigenvalue weighted by molar-refractivity contribution is 9.10. The van der Waals surface area contributed by atoms with Gasteiger partial charge in [-0.25, -0.2) is 14.6 Å². The van der Waals surface area contributed by atoms with Crippen molar-refractivity contribution < 1.29 is 40.3 Å². The molecule has 0 saturated carbocycles. The van der Waals surface area contributed by atoms with E-state index < -0.39 is 48.1 Å². The summed E-state index contributed by atoms with van der Waals surface area (Å²) in [4.78, 5) is 23.4. The fourth-order valence-corrected chi connectivity index (χ4v) is 3.80. The van der Waals surface area contributed by atoms with E-state index in [1.807, 2.05) is 5.43 Å². The average Bonchev–Trinajstić information content (AvgIpc) is 2.76. The highest BCUT2D eigenvalue weighted by Gasteiger charge is 2.40. The van der Waals surface area contributed by atoms with Gasteiger partial charge in [0.25, 0.3) is 5.91 Å². The first-order valence-electron chi connectivity index (χ1n) is 9.29. The summed E-state index contributed by atoms with van der Waals surface area (Å²) in [6.07, 6.45) is -9.33. The lowest BCUT2D eigenvalue weighted by Crippen LogP contribution is -2.49. The second-order valence-electron chi connectivity index (χ2n) is 6.90. The molecule has 0 aliphatic carbocycles. The molecule has 3 N–H and O–H groups in total. The summed E-state index contributed by atoms with van der Waals surface area (Å²) < 4.78 is 92.0. The normalized spacial score (nSPS) is 13.2. The number of alkyl halides is 6. The van der Waals surface area contributed by atoms with Crippen LogP contribution in [0.4, 0.5) is 35.5 Å². The zero-order chi connectivity index (χ0) is 27.4.